The number of ether oxygens (including phenoxy) is 2. The third kappa shape index (κ3) is 4.09. The van der Waals surface area contributed by atoms with Crippen molar-refractivity contribution >= 4 is 0 Å². The summed E-state index contributed by atoms with van der Waals surface area (Å²) in [4.78, 5) is 0. The second-order valence-electron chi connectivity index (χ2n) is 5.17. The van der Waals surface area contributed by atoms with Crippen LogP contribution >= 0.6 is 0 Å². The van der Waals surface area contributed by atoms with Gasteiger partial charge in [-0.05, 0) is 30.5 Å². The summed E-state index contributed by atoms with van der Waals surface area (Å²) in [6.45, 7) is 3.79. The number of aliphatic hydroxyl groups is 2. The van der Waals surface area contributed by atoms with Gasteiger partial charge < -0.3 is 25.0 Å². The highest BCUT2D eigenvalue weighted by Gasteiger charge is 2.29. The van der Waals surface area contributed by atoms with E-state index in [1.165, 1.54) is 0 Å². The van der Waals surface area contributed by atoms with Gasteiger partial charge >= 0.3 is 0 Å². The van der Waals surface area contributed by atoms with Gasteiger partial charge in [-0.25, -0.2) is 0 Å². The SMILES string of the molecule is CCC(NC(CC)(CO)CO)c1ccc(OC)c(OC)c1. The largest absolute Gasteiger partial charge is 0.493 e. The van der Waals surface area contributed by atoms with Gasteiger partial charge in [0.2, 0.25) is 0 Å². The predicted octanol–water partition coefficient (Wildman–Crippen LogP) is 1.88. The lowest BCUT2D eigenvalue weighted by atomic mass is 9.94. The van der Waals surface area contributed by atoms with Crippen LogP contribution in [0.3, 0.4) is 0 Å². The van der Waals surface area contributed by atoms with Crippen molar-refractivity contribution in [2.24, 2.45) is 0 Å². The van der Waals surface area contributed by atoms with Gasteiger partial charge in [0.05, 0.1) is 33.0 Å². The van der Waals surface area contributed by atoms with Crippen LogP contribution in [0.25, 0.3) is 0 Å². The molecule has 0 aliphatic carbocycles. The van der Waals surface area contributed by atoms with Gasteiger partial charge in [-0.1, -0.05) is 19.9 Å². The lowest BCUT2D eigenvalue weighted by Crippen LogP contribution is -2.52. The molecule has 0 fully saturated rings. The summed E-state index contributed by atoms with van der Waals surface area (Å²) in [5.41, 5.74) is 0.364. The lowest BCUT2D eigenvalue weighted by molar-refractivity contribution is 0.0768. The van der Waals surface area contributed by atoms with E-state index in [1.54, 1.807) is 14.2 Å². The molecule has 5 heteroatoms. The number of hydrogen-bond donors (Lipinski definition) is 3. The van der Waals surface area contributed by atoms with E-state index in [1.807, 2.05) is 25.1 Å². The zero-order chi connectivity index (χ0) is 15.9. The van der Waals surface area contributed by atoms with Gasteiger partial charge in [0.15, 0.2) is 11.5 Å². The van der Waals surface area contributed by atoms with Crippen molar-refractivity contribution in [3.8, 4) is 11.5 Å². The molecule has 0 radical (unpaired) electrons. The number of aliphatic hydroxyl groups excluding tert-OH is 2. The van der Waals surface area contributed by atoms with Gasteiger partial charge in [-0.2, -0.15) is 0 Å². The summed E-state index contributed by atoms with van der Waals surface area (Å²) in [5.74, 6) is 1.35. The van der Waals surface area contributed by atoms with Gasteiger partial charge in [0.25, 0.3) is 0 Å². The molecule has 0 aliphatic heterocycles. The number of rotatable bonds is 9. The third-order valence-corrected chi connectivity index (χ3v) is 3.98. The van der Waals surface area contributed by atoms with Crippen LogP contribution in [0.15, 0.2) is 18.2 Å². The van der Waals surface area contributed by atoms with Crippen molar-refractivity contribution < 1.29 is 19.7 Å². The molecule has 0 heterocycles. The average Bonchev–Trinajstić information content (AvgIpc) is 2.56. The van der Waals surface area contributed by atoms with Crippen LogP contribution in [0.4, 0.5) is 0 Å². The van der Waals surface area contributed by atoms with E-state index < -0.39 is 5.54 Å². The summed E-state index contributed by atoms with van der Waals surface area (Å²) in [5, 5.41) is 22.5. The average molecular weight is 297 g/mol. The molecule has 0 aliphatic rings. The summed E-state index contributed by atoms with van der Waals surface area (Å²) in [6.07, 6.45) is 1.47. The van der Waals surface area contributed by atoms with Crippen molar-refractivity contribution in [2.75, 3.05) is 27.4 Å². The molecular weight excluding hydrogens is 270 g/mol. The summed E-state index contributed by atoms with van der Waals surface area (Å²) >= 11 is 0. The van der Waals surface area contributed by atoms with E-state index in [0.29, 0.717) is 17.9 Å². The van der Waals surface area contributed by atoms with Gasteiger partial charge in [0.1, 0.15) is 0 Å². The minimum Gasteiger partial charge on any atom is -0.493 e. The Hall–Kier alpha value is -1.30. The van der Waals surface area contributed by atoms with Crippen LogP contribution < -0.4 is 14.8 Å². The molecule has 1 rings (SSSR count). The highest BCUT2D eigenvalue weighted by atomic mass is 16.5. The van der Waals surface area contributed by atoms with E-state index in [2.05, 4.69) is 12.2 Å². The molecule has 1 aromatic rings. The second-order valence-corrected chi connectivity index (χ2v) is 5.17. The smallest absolute Gasteiger partial charge is 0.161 e. The summed E-state index contributed by atoms with van der Waals surface area (Å²) in [6, 6.07) is 5.78. The Morgan fingerprint density at radius 3 is 2.14 bits per heavy atom. The van der Waals surface area contributed by atoms with Crippen LogP contribution in [0, 0.1) is 0 Å². The number of nitrogens with one attached hydrogen (secondary N) is 1. The first-order valence-electron chi connectivity index (χ1n) is 7.31. The molecule has 0 bridgehead atoms. The highest BCUT2D eigenvalue weighted by molar-refractivity contribution is 5.43. The van der Waals surface area contributed by atoms with Crippen LogP contribution in [-0.2, 0) is 0 Å². The maximum atomic E-state index is 9.58. The first-order chi connectivity index (χ1) is 10.1. The second kappa shape index (κ2) is 8.22. The van der Waals surface area contributed by atoms with E-state index >= 15 is 0 Å². The molecule has 0 aromatic heterocycles. The molecule has 0 saturated carbocycles. The van der Waals surface area contributed by atoms with Gasteiger partial charge in [0, 0.05) is 6.04 Å². The lowest BCUT2D eigenvalue weighted by Gasteiger charge is -2.34. The fourth-order valence-corrected chi connectivity index (χ4v) is 2.33. The molecule has 120 valence electrons. The predicted molar refractivity (Wildman–Crippen MR) is 82.9 cm³/mol. The Balaban J connectivity index is 3.04. The van der Waals surface area contributed by atoms with Crippen LogP contribution in [0.2, 0.25) is 0 Å². The monoisotopic (exact) mass is 297 g/mol. The molecule has 0 amide bonds. The Morgan fingerprint density at radius 1 is 1.10 bits per heavy atom. The van der Waals surface area contributed by atoms with E-state index in [9.17, 15) is 10.2 Å². The standard InChI is InChI=1S/C16H27NO4/c1-5-13(17-16(6-2,10-18)11-19)12-7-8-14(20-3)15(9-12)21-4/h7-9,13,17-19H,5-6,10-11H2,1-4H3. The molecule has 1 unspecified atom stereocenters. The Morgan fingerprint density at radius 2 is 1.71 bits per heavy atom. The topological polar surface area (TPSA) is 71.0 Å². The molecule has 1 atom stereocenters. The molecule has 5 nitrogen and oxygen atoms in total. The summed E-state index contributed by atoms with van der Waals surface area (Å²) < 4.78 is 10.6. The zero-order valence-electron chi connectivity index (χ0n) is 13.3. The zero-order valence-corrected chi connectivity index (χ0v) is 13.3. The highest BCUT2D eigenvalue weighted by Crippen LogP contribution is 2.31. The van der Waals surface area contributed by atoms with E-state index in [0.717, 1.165) is 12.0 Å². The molecule has 0 saturated heterocycles. The molecule has 1 aromatic carbocycles. The number of benzene rings is 1. The Bertz CT molecular complexity index is 424. The first-order valence-corrected chi connectivity index (χ1v) is 7.31. The molecular formula is C16H27NO4. The van der Waals surface area contributed by atoms with Crippen molar-refractivity contribution in [1.82, 2.24) is 5.32 Å². The van der Waals surface area contributed by atoms with Gasteiger partial charge in [-0.15, -0.1) is 0 Å². The number of hydrogen-bond acceptors (Lipinski definition) is 5. The maximum Gasteiger partial charge on any atom is 0.161 e. The molecule has 3 N–H and O–H groups in total. The number of methoxy groups -OCH3 is 2. The van der Waals surface area contributed by atoms with Crippen LogP contribution in [0.1, 0.15) is 38.3 Å². The van der Waals surface area contributed by atoms with Crippen molar-refractivity contribution in [3.63, 3.8) is 0 Å². The Kier molecular flexibility index (Phi) is 6.95. The minimum absolute atomic E-state index is 0.0176. The Labute approximate surface area is 126 Å². The van der Waals surface area contributed by atoms with Crippen LogP contribution in [0.5, 0.6) is 11.5 Å². The van der Waals surface area contributed by atoms with Crippen molar-refractivity contribution in [2.45, 2.75) is 38.3 Å². The summed E-state index contributed by atoms with van der Waals surface area (Å²) in [7, 11) is 3.21. The van der Waals surface area contributed by atoms with Crippen molar-refractivity contribution in [3.05, 3.63) is 23.8 Å². The minimum atomic E-state index is -0.673. The van der Waals surface area contributed by atoms with E-state index in [4.69, 9.17) is 9.47 Å². The normalized spacial score (nSPS) is 13.0. The first kappa shape index (κ1) is 17.8. The van der Waals surface area contributed by atoms with E-state index in [-0.39, 0.29) is 19.3 Å². The fraction of sp³-hybridized carbons (Fsp3) is 0.625. The fourth-order valence-electron chi connectivity index (χ4n) is 2.33. The molecule has 0 spiro atoms. The van der Waals surface area contributed by atoms with Crippen molar-refractivity contribution in [1.29, 1.82) is 0 Å². The van der Waals surface area contributed by atoms with Crippen LogP contribution in [-0.4, -0.2) is 43.2 Å². The van der Waals surface area contributed by atoms with Gasteiger partial charge in [-0.3, -0.25) is 0 Å². The third-order valence-electron chi connectivity index (χ3n) is 3.98. The maximum absolute atomic E-state index is 9.58. The molecule has 21 heavy (non-hydrogen) atoms. The quantitative estimate of drug-likeness (QED) is 0.649.